The highest BCUT2D eigenvalue weighted by atomic mass is 16.5. The van der Waals surface area contributed by atoms with Gasteiger partial charge in [0.05, 0.1) is 11.1 Å². The Balaban J connectivity index is 0.00000259. The molecular weight excluding hydrogens is 418 g/mol. The minimum Gasteiger partial charge on any atom is -0.489 e. The van der Waals surface area contributed by atoms with Crippen LogP contribution in [0, 0.1) is 0 Å². The van der Waals surface area contributed by atoms with Gasteiger partial charge < -0.3 is 19.9 Å². The minimum absolute atomic E-state index is 0. The van der Waals surface area contributed by atoms with Crippen LogP contribution < -0.4 is 5.73 Å². The lowest BCUT2D eigenvalue weighted by molar-refractivity contribution is -0.140. The third-order valence-corrected chi connectivity index (χ3v) is 6.06. The minimum atomic E-state index is -0.715. The summed E-state index contributed by atoms with van der Waals surface area (Å²) in [7, 11) is 0. The van der Waals surface area contributed by atoms with E-state index in [2.05, 4.69) is 6.92 Å². The van der Waals surface area contributed by atoms with Crippen LogP contribution in [0.3, 0.4) is 0 Å². The summed E-state index contributed by atoms with van der Waals surface area (Å²) < 4.78 is 18.4. The molecule has 0 radical (unpaired) electrons. The van der Waals surface area contributed by atoms with Crippen molar-refractivity contribution in [3.63, 3.8) is 0 Å². The molecule has 3 atom stereocenters. The zero-order valence-electron chi connectivity index (χ0n) is 18.1. The van der Waals surface area contributed by atoms with Crippen molar-refractivity contribution in [1.82, 2.24) is 0 Å². The van der Waals surface area contributed by atoms with Gasteiger partial charge in [-0.05, 0) is 43.2 Å². The summed E-state index contributed by atoms with van der Waals surface area (Å²) in [5.74, 6) is 0.601. The van der Waals surface area contributed by atoms with Gasteiger partial charge in [0.15, 0.2) is 11.9 Å². The van der Waals surface area contributed by atoms with Crippen LogP contribution in [0.4, 0.5) is 5.69 Å². The third-order valence-electron chi connectivity index (χ3n) is 6.06. The van der Waals surface area contributed by atoms with Crippen molar-refractivity contribution >= 4 is 17.4 Å². The number of Topliss-reactive ketones (excluding diaryl/α,β-unsaturated/α-hetero) is 1. The highest BCUT2D eigenvalue weighted by Crippen LogP contribution is 2.45. The highest BCUT2D eigenvalue weighted by Gasteiger charge is 2.40. The molecule has 172 valence electrons. The standard InChI is InChI=1S/C26H25NO5.CH4/c1-3-6-15-12-23(29)31-22-13-18-20(28)11-14(2)30-25(18)17-9-10-21(32-26(17)24(15)22)16-7-4-5-8-19(16)27;/h4-5,7-10,12-14,21-22H,3,6,11,27H2,1-2H3;1H4. The number of allylic oxidation sites excluding steroid dienone is 2. The van der Waals surface area contributed by atoms with E-state index in [4.69, 9.17) is 19.9 Å². The number of nitrogens with two attached hydrogens (primary N) is 1. The number of hydrogen-bond acceptors (Lipinski definition) is 6. The Morgan fingerprint density at radius 3 is 2.61 bits per heavy atom. The number of anilines is 1. The summed E-state index contributed by atoms with van der Waals surface area (Å²) in [6.45, 7) is 3.93. The molecule has 6 nitrogen and oxygen atoms in total. The molecule has 2 N–H and O–H groups in total. The topological polar surface area (TPSA) is 87.9 Å². The average Bonchev–Trinajstić information content (AvgIpc) is 2.89. The fourth-order valence-electron chi connectivity index (χ4n) is 4.64. The number of hydrogen-bond donors (Lipinski definition) is 1. The normalized spacial score (nSPS) is 25.8. The summed E-state index contributed by atoms with van der Waals surface area (Å²) >= 11 is 0. The van der Waals surface area contributed by atoms with Crippen molar-refractivity contribution in [2.24, 2.45) is 0 Å². The van der Waals surface area contributed by atoms with Crippen molar-refractivity contribution in [2.45, 2.75) is 58.8 Å². The molecule has 0 spiro atoms. The van der Waals surface area contributed by atoms with Crippen LogP contribution in [0.5, 0.6) is 0 Å². The van der Waals surface area contributed by atoms with Gasteiger partial charge in [0.25, 0.3) is 0 Å². The fourth-order valence-corrected chi connectivity index (χ4v) is 4.64. The number of ketones is 1. The highest BCUT2D eigenvalue weighted by molar-refractivity contribution is 6.01. The van der Waals surface area contributed by atoms with Crippen molar-refractivity contribution in [3.8, 4) is 0 Å². The number of nitrogen functional groups attached to an aromatic ring is 1. The van der Waals surface area contributed by atoms with Crippen LogP contribution in [0.15, 0.2) is 82.4 Å². The van der Waals surface area contributed by atoms with Crippen LogP contribution in [0.25, 0.3) is 0 Å². The molecule has 5 rings (SSSR count). The van der Waals surface area contributed by atoms with E-state index in [0.29, 0.717) is 34.8 Å². The number of fused-ring (bicyclic) bond motifs is 3. The second kappa shape index (κ2) is 8.77. The molecule has 0 bridgehead atoms. The Bertz CT molecular complexity index is 1170. The molecule has 0 aromatic heterocycles. The molecule has 3 aliphatic heterocycles. The van der Waals surface area contributed by atoms with Gasteiger partial charge in [0.1, 0.15) is 23.7 Å². The van der Waals surface area contributed by atoms with E-state index in [0.717, 1.165) is 23.1 Å². The van der Waals surface area contributed by atoms with Gasteiger partial charge in [-0.3, -0.25) is 4.79 Å². The Morgan fingerprint density at radius 2 is 1.85 bits per heavy atom. The first-order valence-electron chi connectivity index (χ1n) is 11.0. The molecule has 1 fully saturated rings. The molecular formula is C27H29NO5. The lowest BCUT2D eigenvalue weighted by atomic mass is 9.90. The zero-order chi connectivity index (χ0) is 22.4. The maximum absolute atomic E-state index is 12.9. The van der Waals surface area contributed by atoms with Gasteiger partial charge in [-0.2, -0.15) is 0 Å². The lowest BCUT2D eigenvalue weighted by Crippen LogP contribution is -2.27. The van der Waals surface area contributed by atoms with Gasteiger partial charge >= 0.3 is 5.97 Å². The summed E-state index contributed by atoms with van der Waals surface area (Å²) in [5.41, 5.74) is 10.4. The Morgan fingerprint density at radius 1 is 1.06 bits per heavy atom. The first-order valence-corrected chi connectivity index (χ1v) is 11.0. The van der Waals surface area contributed by atoms with Crippen LogP contribution in [0.1, 0.15) is 52.2 Å². The van der Waals surface area contributed by atoms with Gasteiger partial charge in [0, 0.05) is 29.3 Å². The van der Waals surface area contributed by atoms with E-state index in [1.807, 2.05) is 43.3 Å². The van der Waals surface area contributed by atoms with E-state index < -0.39 is 18.2 Å². The molecule has 3 unspecified atom stereocenters. The van der Waals surface area contributed by atoms with Gasteiger partial charge in [-0.25, -0.2) is 4.79 Å². The number of carbonyl (C=O) groups is 2. The molecule has 0 amide bonds. The predicted molar refractivity (Wildman–Crippen MR) is 126 cm³/mol. The van der Waals surface area contributed by atoms with Crippen molar-refractivity contribution < 1.29 is 23.8 Å². The fraction of sp³-hybridized carbons (Fsp3) is 0.333. The average molecular weight is 448 g/mol. The maximum Gasteiger partial charge on any atom is 0.331 e. The van der Waals surface area contributed by atoms with Crippen LogP contribution in [-0.4, -0.2) is 24.0 Å². The second-order valence-electron chi connectivity index (χ2n) is 8.43. The molecule has 1 aliphatic carbocycles. The second-order valence-corrected chi connectivity index (χ2v) is 8.43. The first-order chi connectivity index (χ1) is 15.5. The monoisotopic (exact) mass is 447 g/mol. The largest absolute Gasteiger partial charge is 0.489 e. The van der Waals surface area contributed by atoms with Crippen LogP contribution >= 0.6 is 0 Å². The van der Waals surface area contributed by atoms with Crippen molar-refractivity contribution in [3.05, 3.63) is 87.9 Å². The van der Waals surface area contributed by atoms with Gasteiger partial charge in [-0.1, -0.05) is 39.0 Å². The van der Waals surface area contributed by atoms with Crippen LogP contribution in [-0.2, 0) is 23.8 Å². The number of benzene rings is 1. The molecule has 33 heavy (non-hydrogen) atoms. The smallest absolute Gasteiger partial charge is 0.331 e. The molecule has 0 saturated carbocycles. The van der Waals surface area contributed by atoms with E-state index in [1.165, 1.54) is 6.08 Å². The summed E-state index contributed by atoms with van der Waals surface area (Å²) in [6, 6.07) is 7.56. The number of carbonyl (C=O) groups excluding carboxylic acids is 2. The van der Waals surface area contributed by atoms with Crippen LogP contribution in [0.2, 0.25) is 0 Å². The van der Waals surface area contributed by atoms with Gasteiger partial charge in [0.2, 0.25) is 0 Å². The van der Waals surface area contributed by atoms with Crippen molar-refractivity contribution in [1.29, 1.82) is 0 Å². The Kier molecular flexibility index (Phi) is 6.02. The number of ether oxygens (including phenoxy) is 3. The van der Waals surface area contributed by atoms with Gasteiger partial charge in [-0.15, -0.1) is 0 Å². The number of rotatable bonds is 3. The van der Waals surface area contributed by atoms with E-state index in [9.17, 15) is 9.59 Å². The zero-order valence-corrected chi connectivity index (χ0v) is 18.1. The van der Waals surface area contributed by atoms with E-state index >= 15 is 0 Å². The SMILES string of the molecule is C.CCCC1=CC(=O)OC2C=C3C(=O)CC(C)OC3=C3C=CC(c4ccccc4N)OC3=C12. The third kappa shape index (κ3) is 3.90. The Labute approximate surface area is 194 Å². The predicted octanol–water partition coefficient (Wildman–Crippen LogP) is 5.01. The lowest BCUT2D eigenvalue weighted by Gasteiger charge is -2.31. The molecule has 1 aromatic carbocycles. The summed E-state index contributed by atoms with van der Waals surface area (Å²) in [4.78, 5) is 25.3. The molecule has 4 aliphatic rings. The van der Waals surface area contributed by atoms with E-state index in [-0.39, 0.29) is 25.7 Å². The molecule has 6 heteroatoms. The quantitative estimate of drug-likeness (QED) is 0.518. The number of esters is 1. The summed E-state index contributed by atoms with van der Waals surface area (Å²) in [5, 5.41) is 0. The van der Waals surface area contributed by atoms with E-state index in [1.54, 1.807) is 6.08 Å². The Hall–Kier alpha value is -3.54. The number of para-hydroxylation sites is 1. The molecule has 1 aromatic rings. The molecule has 3 heterocycles. The first kappa shape index (κ1) is 22.6. The molecule has 1 saturated heterocycles. The maximum atomic E-state index is 12.9. The summed E-state index contributed by atoms with van der Waals surface area (Å²) in [6.07, 6.45) is 7.51. The van der Waals surface area contributed by atoms with Crippen molar-refractivity contribution in [2.75, 3.05) is 5.73 Å².